The maximum atomic E-state index is 8.72. The highest BCUT2D eigenvalue weighted by atomic mass is 16.3. The Balaban J connectivity index is 2.17. The van der Waals surface area contributed by atoms with Gasteiger partial charge in [-0.1, -0.05) is 13.8 Å². The second-order valence-electron chi connectivity index (χ2n) is 4.00. The van der Waals surface area contributed by atoms with Crippen LogP contribution in [-0.4, -0.2) is 23.8 Å². The summed E-state index contributed by atoms with van der Waals surface area (Å²) >= 11 is 0. The van der Waals surface area contributed by atoms with Crippen LogP contribution in [0.15, 0.2) is 0 Å². The van der Waals surface area contributed by atoms with Gasteiger partial charge in [-0.25, -0.2) is 0 Å². The third-order valence-corrected chi connectivity index (χ3v) is 2.27. The van der Waals surface area contributed by atoms with E-state index in [9.17, 15) is 0 Å². The lowest BCUT2D eigenvalue weighted by Crippen LogP contribution is -2.33. The maximum Gasteiger partial charge on any atom is 0.0582 e. The molecule has 1 aliphatic carbocycles. The van der Waals surface area contributed by atoms with Gasteiger partial charge in [0, 0.05) is 12.1 Å². The Morgan fingerprint density at radius 3 is 2.50 bits per heavy atom. The molecule has 2 nitrogen and oxygen atoms in total. The van der Waals surface area contributed by atoms with Crippen LogP contribution in [0.25, 0.3) is 0 Å². The molecule has 1 saturated carbocycles. The SMILES string of the molecule is CC(CO)NC1CC1(C)C. The van der Waals surface area contributed by atoms with Crippen molar-refractivity contribution in [3.05, 3.63) is 0 Å². The number of aliphatic hydroxyl groups excluding tert-OH is 1. The van der Waals surface area contributed by atoms with Crippen molar-refractivity contribution < 1.29 is 5.11 Å². The maximum absolute atomic E-state index is 8.72. The van der Waals surface area contributed by atoms with Crippen molar-refractivity contribution in [1.29, 1.82) is 0 Å². The van der Waals surface area contributed by atoms with Crippen LogP contribution in [0.2, 0.25) is 0 Å². The molecule has 0 aromatic rings. The van der Waals surface area contributed by atoms with Crippen LogP contribution >= 0.6 is 0 Å². The number of aliphatic hydroxyl groups is 1. The Hall–Kier alpha value is -0.0800. The second kappa shape index (κ2) is 2.51. The van der Waals surface area contributed by atoms with Gasteiger partial charge in [0.25, 0.3) is 0 Å². The minimum Gasteiger partial charge on any atom is -0.395 e. The summed E-state index contributed by atoms with van der Waals surface area (Å²) in [4.78, 5) is 0. The molecule has 60 valence electrons. The van der Waals surface area contributed by atoms with Crippen molar-refractivity contribution in [2.75, 3.05) is 6.61 Å². The van der Waals surface area contributed by atoms with Crippen LogP contribution < -0.4 is 5.32 Å². The molecule has 0 aromatic heterocycles. The van der Waals surface area contributed by atoms with Gasteiger partial charge in [-0.05, 0) is 18.8 Å². The summed E-state index contributed by atoms with van der Waals surface area (Å²) in [5.74, 6) is 0. The normalized spacial score (nSPS) is 31.8. The topological polar surface area (TPSA) is 32.3 Å². The Bertz CT molecular complexity index is 122. The van der Waals surface area contributed by atoms with E-state index < -0.39 is 0 Å². The van der Waals surface area contributed by atoms with Gasteiger partial charge in [0.2, 0.25) is 0 Å². The van der Waals surface area contributed by atoms with Gasteiger partial charge in [-0.2, -0.15) is 0 Å². The summed E-state index contributed by atoms with van der Waals surface area (Å²) in [6.07, 6.45) is 1.25. The highest BCUT2D eigenvalue weighted by molar-refractivity contribution is 5.02. The lowest BCUT2D eigenvalue weighted by Gasteiger charge is -2.11. The van der Waals surface area contributed by atoms with Gasteiger partial charge < -0.3 is 10.4 Å². The molecule has 10 heavy (non-hydrogen) atoms. The molecule has 0 saturated heterocycles. The van der Waals surface area contributed by atoms with Gasteiger partial charge >= 0.3 is 0 Å². The first kappa shape index (κ1) is 8.02. The van der Waals surface area contributed by atoms with Gasteiger partial charge in [0.05, 0.1) is 6.61 Å². The highest BCUT2D eigenvalue weighted by Crippen LogP contribution is 2.44. The molecule has 0 radical (unpaired) electrons. The molecule has 0 aliphatic heterocycles. The molecule has 1 aliphatic rings. The van der Waals surface area contributed by atoms with Crippen molar-refractivity contribution in [3.8, 4) is 0 Å². The summed E-state index contributed by atoms with van der Waals surface area (Å²) in [5, 5.41) is 12.1. The summed E-state index contributed by atoms with van der Waals surface area (Å²) in [6, 6.07) is 0.890. The summed E-state index contributed by atoms with van der Waals surface area (Å²) in [7, 11) is 0. The van der Waals surface area contributed by atoms with Gasteiger partial charge in [0.1, 0.15) is 0 Å². The van der Waals surface area contributed by atoms with E-state index in [1.807, 2.05) is 6.92 Å². The first-order valence-electron chi connectivity index (χ1n) is 3.93. The third-order valence-electron chi connectivity index (χ3n) is 2.27. The number of hydrogen-bond acceptors (Lipinski definition) is 2. The third kappa shape index (κ3) is 1.70. The summed E-state index contributed by atoms with van der Waals surface area (Å²) < 4.78 is 0. The zero-order chi connectivity index (χ0) is 7.78. The van der Waals surface area contributed by atoms with Crippen molar-refractivity contribution in [2.45, 2.75) is 39.3 Å². The monoisotopic (exact) mass is 143 g/mol. The Morgan fingerprint density at radius 1 is 1.70 bits per heavy atom. The highest BCUT2D eigenvalue weighted by Gasteiger charge is 2.45. The molecule has 0 amide bonds. The molecular weight excluding hydrogens is 126 g/mol. The molecule has 2 atom stereocenters. The fraction of sp³-hybridized carbons (Fsp3) is 1.00. The Morgan fingerprint density at radius 2 is 2.20 bits per heavy atom. The largest absolute Gasteiger partial charge is 0.395 e. The first-order valence-corrected chi connectivity index (χ1v) is 3.93. The zero-order valence-electron chi connectivity index (χ0n) is 7.02. The van der Waals surface area contributed by atoms with E-state index in [1.165, 1.54) is 6.42 Å². The van der Waals surface area contributed by atoms with E-state index in [-0.39, 0.29) is 12.6 Å². The first-order chi connectivity index (χ1) is 4.56. The minimum absolute atomic E-state index is 0.243. The smallest absolute Gasteiger partial charge is 0.0582 e. The van der Waals surface area contributed by atoms with Gasteiger partial charge in [0.15, 0.2) is 0 Å². The molecular formula is C8H17NO. The molecule has 0 bridgehead atoms. The van der Waals surface area contributed by atoms with Crippen molar-refractivity contribution in [1.82, 2.24) is 5.32 Å². The average Bonchev–Trinajstić information content (AvgIpc) is 2.40. The molecule has 2 unspecified atom stereocenters. The minimum atomic E-state index is 0.243. The van der Waals surface area contributed by atoms with Crippen molar-refractivity contribution in [3.63, 3.8) is 0 Å². The lowest BCUT2D eigenvalue weighted by molar-refractivity contribution is 0.247. The lowest BCUT2D eigenvalue weighted by atomic mass is 10.2. The van der Waals surface area contributed by atoms with E-state index in [0.29, 0.717) is 11.5 Å². The van der Waals surface area contributed by atoms with Crippen LogP contribution in [0.1, 0.15) is 27.2 Å². The molecule has 1 rings (SSSR count). The molecule has 0 aromatic carbocycles. The zero-order valence-corrected chi connectivity index (χ0v) is 7.02. The molecule has 0 spiro atoms. The van der Waals surface area contributed by atoms with Crippen LogP contribution in [0, 0.1) is 5.41 Å². The van der Waals surface area contributed by atoms with Crippen LogP contribution in [0.3, 0.4) is 0 Å². The van der Waals surface area contributed by atoms with Crippen LogP contribution in [0.5, 0.6) is 0 Å². The van der Waals surface area contributed by atoms with E-state index in [2.05, 4.69) is 19.2 Å². The average molecular weight is 143 g/mol. The van der Waals surface area contributed by atoms with E-state index in [4.69, 9.17) is 5.11 Å². The number of rotatable bonds is 3. The van der Waals surface area contributed by atoms with Crippen molar-refractivity contribution in [2.24, 2.45) is 5.41 Å². The molecule has 1 fully saturated rings. The Kier molecular flexibility index (Phi) is 2.02. The van der Waals surface area contributed by atoms with Crippen LogP contribution in [-0.2, 0) is 0 Å². The molecule has 0 heterocycles. The quantitative estimate of drug-likeness (QED) is 0.611. The fourth-order valence-electron chi connectivity index (χ4n) is 1.15. The van der Waals surface area contributed by atoms with Crippen molar-refractivity contribution >= 4 is 0 Å². The van der Waals surface area contributed by atoms with Gasteiger partial charge in [-0.15, -0.1) is 0 Å². The summed E-state index contributed by atoms with van der Waals surface area (Å²) in [6.45, 7) is 6.74. The standard InChI is InChI=1S/C8H17NO/c1-6(5-10)9-7-4-8(7,2)3/h6-7,9-10H,4-5H2,1-3H3. The van der Waals surface area contributed by atoms with E-state index >= 15 is 0 Å². The number of nitrogens with one attached hydrogen (secondary N) is 1. The molecule has 2 heteroatoms. The second-order valence-corrected chi connectivity index (χ2v) is 4.00. The summed E-state index contributed by atoms with van der Waals surface area (Å²) in [5.41, 5.74) is 0.476. The van der Waals surface area contributed by atoms with E-state index in [1.54, 1.807) is 0 Å². The van der Waals surface area contributed by atoms with E-state index in [0.717, 1.165) is 0 Å². The molecule has 2 N–H and O–H groups in total. The predicted molar refractivity (Wildman–Crippen MR) is 41.9 cm³/mol. The van der Waals surface area contributed by atoms with Gasteiger partial charge in [-0.3, -0.25) is 0 Å². The number of hydrogen-bond donors (Lipinski definition) is 2. The fourth-order valence-corrected chi connectivity index (χ4v) is 1.15. The predicted octanol–water partition coefficient (Wildman–Crippen LogP) is 0.755. The Labute approximate surface area is 62.6 Å². The van der Waals surface area contributed by atoms with Crippen LogP contribution in [0.4, 0.5) is 0 Å².